The maximum Gasteiger partial charge on any atom is 0.387 e. The van der Waals surface area contributed by atoms with E-state index in [1.807, 2.05) is 11.8 Å². The zero-order valence-electron chi connectivity index (χ0n) is 15.6. The molecule has 0 bridgehead atoms. The summed E-state index contributed by atoms with van der Waals surface area (Å²) in [6, 6.07) is 5.01. The topological polar surface area (TPSA) is 66.0 Å². The average molecular weight is 496 g/mol. The van der Waals surface area contributed by atoms with E-state index in [4.69, 9.17) is 0 Å². The van der Waals surface area contributed by atoms with E-state index in [0.29, 0.717) is 11.5 Å². The number of carbonyl (C=O) groups excluding carboxylic acids is 1. The molecular formula is C18H27F2IN4O2. The lowest BCUT2D eigenvalue weighted by Crippen LogP contribution is -2.45. The van der Waals surface area contributed by atoms with E-state index < -0.39 is 6.61 Å². The van der Waals surface area contributed by atoms with Crippen LogP contribution in [-0.4, -0.2) is 50.1 Å². The third-order valence-electron chi connectivity index (χ3n) is 4.22. The minimum Gasteiger partial charge on any atom is -0.434 e. The third kappa shape index (κ3) is 7.86. The molecular weight excluding hydrogens is 469 g/mol. The Hall–Kier alpha value is -1.65. The monoisotopic (exact) mass is 496 g/mol. The molecule has 0 unspecified atom stereocenters. The second kappa shape index (κ2) is 11.9. The van der Waals surface area contributed by atoms with E-state index >= 15 is 0 Å². The Morgan fingerprint density at radius 2 is 1.96 bits per heavy atom. The third-order valence-corrected chi connectivity index (χ3v) is 4.22. The van der Waals surface area contributed by atoms with Crippen LogP contribution in [0.25, 0.3) is 0 Å². The number of alkyl halides is 2. The first-order chi connectivity index (χ1) is 12.5. The molecule has 27 heavy (non-hydrogen) atoms. The van der Waals surface area contributed by atoms with Crippen LogP contribution in [0.4, 0.5) is 8.78 Å². The second-order valence-corrected chi connectivity index (χ2v) is 6.21. The number of nitrogens with one attached hydrogen (secondary N) is 2. The van der Waals surface area contributed by atoms with Gasteiger partial charge >= 0.3 is 6.61 Å². The van der Waals surface area contributed by atoms with Gasteiger partial charge in [0.2, 0.25) is 5.91 Å². The normalized spacial score (nSPS) is 14.6. The molecule has 152 valence electrons. The van der Waals surface area contributed by atoms with Crippen molar-refractivity contribution in [1.82, 2.24) is 15.5 Å². The van der Waals surface area contributed by atoms with Crippen molar-refractivity contribution >= 4 is 35.8 Å². The molecule has 0 atom stereocenters. The smallest absolute Gasteiger partial charge is 0.387 e. The Morgan fingerprint density at radius 1 is 1.26 bits per heavy atom. The van der Waals surface area contributed by atoms with Crippen LogP contribution in [0.3, 0.4) is 0 Å². The summed E-state index contributed by atoms with van der Waals surface area (Å²) in [5, 5.41) is 6.00. The van der Waals surface area contributed by atoms with Gasteiger partial charge in [-0.2, -0.15) is 8.78 Å². The number of likely N-dealkylation sites (tertiary alicyclic amines) is 1. The lowest BCUT2D eigenvalue weighted by Gasteiger charge is -2.27. The van der Waals surface area contributed by atoms with Crippen molar-refractivity contribution in [2.45, 2.75) is 39.3 Å². The number of guanidine groups is 1. The Morgan fingerprint density at radius 3 is 2.59 bits per heavy atom. The summed E-state index contributed by atoms with van der Waals surface area (Å²) in [6.07, 6.45) is 3.25. The SMILES string of the molecule is CN=C(NCC(=O)N1CCCCC1)NCc1cc(C)ccc1OC(F)F.I. The largest absolute Gasteiger partial charge is 0.434 e. The summed E-state index contributed by atoms with van der Waals surface area (Å²) in [7, 11) is 1.59. The zero-order chi connectivity index (χ0) is 18.9. The number of hydrogen-bond acceptors (Lipinski definition) is 3. The quantitative estimate of drug-likeness (QED) is 0.361. The molecule has 0 saturated carbocycles. The first kappa shape index (κ1) is 23.4. The summed E-state index contributed by atoms with van der Waals surface area (Å²) in [5.41, 5.74) is 1.53. The standard InChI is InChI=1S/C18H26F2N4O2.HI/c1-13-6-7-15(26-17(19)20)14(10-13)11-22-18(21-2)23-12-16(25)24-8-4-3-5-9-24;/h6-7,10,17H,3-5,8-9,11-12H2,1-2H3,(H2,21,22,23);1H. The fraction of sp³-hybridized carbons (Fsp3) is 0.556. The number of rotatable bonds is 6. The van der Waals surface area contributed by atoms with Gasteiger partial charge in [-0.1, -0.05) is 17.7 Å². The molecule has 0 spiro atoms. The molecule has 0 radical (unpaired) electrons. The van der Waals surface area contributed by atoms with Crippen LogP contribution in [-0.2, 0) is 11.3 Å². The molecule has 0 aliphatic carbocycles. The van der Waals surface area contributed by atoms with Crippen molar-refractivity contribution in [3.63, 3.8) is 0 Å². The Kier molecular flexibility index (Phi) is 10.3. The van der Waals surface area contributed by atoms with E-state index in [9.17, 15) is 13.6 Å². The molecule has 1 aromatic rings. The van der Waals surface area contributed by atoms with Gasteiger partial charge in [0, 0.05) is 32.2 Å². The molecule has 0 aromatic heterocycles. The molecule has 1 saturated heterocycles. The minimum absolute atomic E-state index is 0. The summed E-state index contributed by atoms with van der Waals surface area (Å²) in [4.78, 5) is 18.1. The number of nitrogens with zero attached hydrogens (tertiary/aromatic N) is 2. The van der Waals surface area contributed by atoms with E-state index in [1.54, 1.807) is 19.2 Å². The fourth-order valence-corrected chi connectivity index (χ4v) is 2.87. The van der Waals surface area contributed by atoms with Crippen molar-refractivity contribution in [1.29, 1.82) is 0 Å². The summed E-state index contributed by atoms with van der Waals surface area (Å²) in [5.74, 6) is 0.586. The number of halogens is 3. The van der Waals surface area contributed by atoms with Gasteiger partial charge in [0.05, 0.1) is 6.54 Å². The summed E-state index contributed by atoms with van der Waals surface area (Å²) in [6.45, 7) is 0.986. The van der Waals surface area contributed by atoms with Crippen LogP contribution in [0.2, 0.25) is 0 Å². The van der Waals surface area contributed by atoms with Crippen LogP contribution < -0.4 is 15.4 Å². The van der Waals surface area contributed by atoms with Crippen molar-refractivity contribution in [2.24, 2.45) is 4.99 Å². The van der Waals surface area contributed by atoms with Crippen molar-refractivity contribution in [2.75, 3.05) is 26.7 Å². The van der Waals surface area contributed by atoms with Gasteiger partial charge in [0.1, 0.15) is 5.75 Å². The minimum atomic E-state index is -2.88. The molecule has 2 rings (SSSR count). The van der Waals surface area contributed by atoms with Gasteiger partial charge in [0.15, 0.2) is 5.96 Å². The van der Waals surface area contributed by atoms with E-state index in [-0.39, 0.29) is 48.7 Å². The van der Waals surface area contributed by atoms with Crippen molar-refractivity contribution in [3.05, 3.63) is 29.3 Å². The van der Waals surface area contributed by atoms with Gasteiger partial charge in [-0.25, -0.2) is 0 Å². The van der Waals surface area contributed by atoms with E-state index in [1.165, 1.54) is 12.5 Å². The zero-order valence-corrected chi connectivity index (χ0v) is 18.0. The van der Waals surface area contributed by atoms with Crippen LogP contribution in [0, 0.1) is 6.92 Å². The molecule has 1 aromatic carbocycles. The predicted molar refractivity (Wildman–Crippen MR) is 112 cm³/mol. The van der Waals surface area contributed by atoms with E-state index in [0.717, 1.165) is 31.5 Å². The Balaban J connectivity index is 0.00000364. The highest BCUT2D eigenvalue weighted by Gasteiger charge is 2.16. The molecule has 1 heterocycles. The molecule has 1 amide bonds. The average Bonchev–Trinajstić information content (AvgIpc) is 2.64. The second-order valence-electron chi connectivity index (χ2n) is 6.21. The maximum absolute atomic E-state index is 12.5. The number of ether oxygens (including phenoxy) is 1. The van der Waals surface area contributed by atoms with Gasteiger partial charge in [-0.3, -0.25) is 9.79 Å². The Bertz CT molecular complexity index is 638. The van der Waals surface area contributed by atoms with Crippen LogP contribution >= 0.6 is 24.0 Å². The predicted octanol–water partition coefficient (Wildman–Crippen LogP) is 2.89. The van der Waals surface area contributed by atoms with E-state index in [2.05, 4.69) is 20.4 Å². The van der Waals surface area contributed by atoms with Gasteiger partial charge in [-0.15, -0.1) is 24.0 Å². The molecule has 1 fully saturated rings. The van der Waals surface area contributed by atoms with Crippen molar-refractivity contribution in [3.8, 4) is 5.75 Å². The summed E-state index contributed by atoms with van der Waals surface area (Å²) >= 11 is 0. The lowest BCUT2D eigenvalue weighted by molar-refractivity contribution is -0.130. The molecule has 1 aliphatic heterocycles. The number of hydrogen-bond donors (Lipinski definition) is 2. The van der Waals surface area contributed by atoms with Gasteiger partial charge < -0.3 is 20.3 Å². The van der Waals surface area contributed by atoms with Crippen molar-refractivity contribution < 1.29 is 18.3 Å². The number of amides is 1. The van der Waals surface area contributed by atoms with Crippen LogP contribution in [0.5, 0.6) is 5.75 Å². The van der Waals surface area contributed by atoms with Gasteiger partial charge in [-0.05, 0) is 32.3 Å². The molecule has 2 N–H and O–H groups in total. The first-order valence-electron chi connectivity index (χ1n) is 8.76. The lowest BCUT2D eigenvalue weighted by atomic mass is 10.1. The molecule has 6 nitrogen and oxygen atoms in total. The first-order valence-corrected chi connectivity index (χ1v) is 8.76. The fourth-order valence-electron chi connectivity index (χ4n) is 2.87. The maximum atomic E-state index is 12.5. The number of aliphatic imine (C=N–C) groups is 1. The molecule has 1 aliphatic rings. The summed E-state index contributed by atoms with van der Waals surface area (Å²) < 4.78 is 29.6. The number of carbonyl (C=O) groups is 1. The highest BCUT2D eigenvalue weighted by atomic mass is 127. The number of aryl methyl sites for hydroxylation is 1. The highest BCUT2D eigenvalue weighted by molar-refractivity contribution is 14.0. The Labute approximate surface area is 175 Å². The van der Waals surface area contributed by atoms with Gasteiger partial charge in [0.25, 0.3) is 0 Å². The van der Waals surface area contributed by atoms with Crippen LogP contribution in [0.15, 0.2) is 23.2 Å². The highest BCUT2D eigenvalue weighted by Crippen LogP contribution is 2.21. The van der Waals surface area contributed by atoms with Crippen LogP contribution in [0.1, 0.15) is 30.4 Å². The number of benzene rings is 1. The molecule has 9 heteroatoms. The number of piperidine rings is 1.